The van der Waals surface area contributed by atoms with Crippen LogP contribution in [0.3, 0.4) is 0 Å². The van der Waals surface area contributed by atoms with Gasteiger partial charge in [-0.3, -0.25) is 0 Å². The van der Waals surface area contributed by atoms with E-state index < -0.39 is 0 Å². The van der Waals surface area contributed by atoms with Crippen molar-refractivity contribution in [3.8, 4) is 0 Å². The number of para-hydroxylation sites is 1. The van der Waals surface area contributed by atoms with E-state index >= 15 is 0 Å². The zero-order chi connectivity index (χ0) is 12.4. The molecule has 6 heteroatoms. The second kappa shape index (κ2) is 4.66. The van der Waals surface area contributed by atoms with Crippen molar-refractivity contribution in [3.05, 3.63) is 40.3 Å². The largest absolute Gasteiger partial charge is 0.347 e. The van der Waals surface area contributed by atoms with Gasteiger partial charge in [-0.2, -0.15) is 0 Å². The fourth-order valence-corrected chi connectivity index (χ4v) is 2.23. The van der Waals surface area contributed by atoms with Crippen LogP contribution in [0.4, 0.5) is 5.95 Å². The summed E-state index contributed by atoms with van der Waals surface area (Å²) in [7, 11) is 0. The Kier molecular flexibility index (Phi) is 2.85. The summed E-state index contributed by atoms with van der Waals surface area (Å²) in [5.74, 6) is 0.527. The molecule has 0 aliphatic carbocycles. The lowest BCUT2D eigenvalue weighted by Gasteiger charge is -2.02. The van der Waals surface area contributed by atoms with Crippen LogP contribution >= 0.6 is 11.3 Å². The molecule has 0 bridgehead atoms. The Morgan fingerprint density at radius 3 is 2.72 bits per heavy atom. The number of aromatic nitrogens is 4. The third kappa shape index (κ3) is 2.28. The molecule has 0 radical (unpaired) electrons. The molecule has 0 fully saturated rings. The van der Waals surface area contributed by atoms with Gasteiger partial charge in [-0.05, 0) is 19.1 Å². The fourth-order valence-electron chi connectivity index (χ4n) is 1.61. The van der Waals surface area contributed by atoms with Crippen molar-refractivity contribution in [2.24, 2.45) is 0 Å². The molecule has 0 saturated carbocycles. The first-order valence-electron chi connectivity index (χ1n) is 5.55. The molecule has 2 heterocycles. The standard InChI is InChI=1S/C12H11N5S/c1-8-14-9(7-18-8)6-13-12-15-10-4-2-3-5-11(10)16-17-12/h2-5,7H,6H2,1H3,(H,13,15,17). The van der Waals surface area contributed by atoms with Crippen LogP contribution in [0.2, 0.25) is 0 Å². The quantitative estimate of drug-likeness (QED) is 0.780. The Morgan fingerprint density at radius 2 is 1.94 bits per heavy atom. The highest BCUT2D eigenvalue weighted by Crippen LogP contribution is 2.11. The van der Waals surface area contributed by atoms with Crippen molar-refractivity contribution in [1.29, 1.82) is 0 Å². The molecule has 0 saturated heterocycles. The summed E-state index contributed by atoms with van der Waals surface area (Å²) < 4.78 is 0. The fraction of sp³-hybridized carbons (Fsp3) is 0.167. The molecular weight excluding hydrogens is 246 g/mol. The van der Waals surface area contributed by atoms with Crippen molar-refractivity contribution >= 4 is 28.3 Å². The van der Waals surface area contributed by atoms with Gasteiger partial charge in [-0.1, -0.05) is 12.1 Å². The van der Waals surface area contributed by atoms with Crippen LogP contribution in [0.25, 0.3) is 11.0 Å². The van der Waals surface area contributed by atoms with E-state index in [0.717, 1.165) is 21.7 Å². The molecule has 2 aromatic heterocycles. The minimum absolute atomic E-state index is 0.527. The SMILES string of the molecule is Cc1nc(CNc2nnc3ccccc3n2)cs1. The first-order valence-corrected chi connectivity index (χ1v) is 6.43. The number of anilines is 1. The summed E-state index contributed by atoms with van der Waals surface area (Å²) >= 11 is 1.63. The Labute approximate surface area is 108 Å². The van der Waals surface area contributed by atoms with Gasteiger partial charge < -0.3 is 5.32 Å². The summed E-state index contributed by atoms with van der Waals surface area (Å²) in [5, 5.41) is 14.3. The monoisotopic (exact) mass is 257 g/mol. The molecule has 0 unspecified atom stereocenters. The van der Waals surface area contributed by atoms with Crippen LogP contribution in [0, 0.1) is 6.92 Å². The predicted molar refractivity (Wildman–Crippen MR) is 71.5 cm³/mol. The summed E-state index contributed by atoms with van der Waals surface area (Å²) in [6, 6.07) is 7.67. The average Bonchev–Trinajstić information content (AvgIpc) is 2.82. The van der Waals surface area contributed by atoms with Crippen molar-refractivity contribution in [2.75, 3.05) is 5.32 Å². The molecule has 0 atom stereocenters. The molecule has 3 aromatic rings. The number of nitrogens with zero attached hydrogens (tertiary/aromatic N) is 4. The molecule has 3 rings (SSSR count). The molecule has 5 nitrogen and oxygen atoms in total. The second-order valence-electron chi connectivity index (χ2n) is 3.84. The number of rotatable bonds is 3. The van der Waals surface area contributed by atoms with E-state index in [2.05, 4.69) is 25.5 Å². The Hall–Kier alpha value is -2.08. The van der Waals surface area contributed by atoms with Crippen LogP contribution in [-0.4, -0.2) is 20.2 Å². The van der Waals surface area contributed by atoms with E-state index in [9.17, 15) is 0 Å². The Morgan fingerprint density at radius 1 is 1.11 bits per heavy atom. The average molecular weight is 257 g/mol. The van der Waals surface area contributed by atoms with Crippen molar-refractivity contribution in [3.63, 3.8) is 0 Å². The molecule has 18 heavy (non-hydrogen) atoms. The lowest BCUT2D eigenvalue weighted by molar-refractivity contribution is 0.965. The third-order valence-corrected chi connectivity index (χ3v) is 3.28. The number of hydrogen-bond donors (Lipinski definition) is 1. The van der Waals surface area contributed by atoms with Gasteiger partial charge in [-0.15, -0.1) is 21.5 Å². The van der Waals surface area contributed by atoms with Crippen LogP contribution in [0.1, 0.15) is 10.7 Å². The molecule has 1 aromatic carbocycles. The van der Waals surface area contributed by atoms with Crippen molar-refractivity contribution < 1.29 is 0 Å². The predicted octanol–water partition coefficient (Wildman–Crippen LogP) is 2.40. The minimum atomic E-state index is 0.527. The van der Waals surface area contributed by atoms with Gasteiger partial charge in [-0.25, -0.2) is 9.97 Å². The lowest BCUT2D eigenvalue weighted by Crippen LogP contribution is -2.05. The van der Waals surface area contributed by atoms with Crippen molar-refractivity contribution in [2.45, 2.75) is 13.5 Å². The normalized spacial score (nSPS) is 10.7. The van der Waals surface area contributed by atoms with E-state index in [0.29, 0.717) is 12.5 Å². The number of hydrogen-bond acceptors (Lipinski definition) is 6. The van der Waals surface area contributed by atoms with E-state index in [1.54, 1.807) is 11.3 Å². The number of thiazole rings is 1. The van der Waals surface area contributed by atoms with E-state index in [1.807, 2.05) is 36.6 Å². The maximum atomic E-state index is 4.39. The second-order valence-corrected chi connectivity index (χ2v) is 4.90. The summed E-state index contributed by atoms with van der Waals surface area (Å²) in [5.41, 5.74) is 2.63. The Bertz CT molecular complexity index is 679. The number of fused-ring (bicyclic) bond motifs is 1. The third-order valence-electron chi connectivity index (χ3n) is 2.45. The van der Waals surface area contributed by atoms with Gasteiger partial charge in [0.2, 0.25) is 5.95 Å². The van der Waals surface area contributed by atoms with Gasteiger partial charge in [0, 0.05) is 5.38 Å². The van der Waals surface area contributed by atoms with E-state index in [4.69, 9.17) is 0 Å². The molecule has 0 aliphatic heterocycles. The zero-order valence-corrected chi connectivity index (χ0v) is 10.6. The summed E-state index contributed by atoms with van der Waals surface area (Å²) in [6.45, 7) is 2.60. The molecule has 0 amide bonds. The van der Waals surface area contributed by atoms with E-state index in [1.165, 1.54) is 0 Å². The zero-order valence-electron chi connectivity index (χ0n) is 9.79. The smallest absolute Gasteiger partial charge is 0.243 e. The van der Waals surface area contributed by atoms with Crippen LogP contribution < -0.4 is 5.32 Å². The van der Waals surface area contributed by atoms with Crippen LogP contribution in [0.5, 0.6) is 0 Å². The molecule has 0 spiro atoms. The highest BCUT2D eigenvalue weighted by atomic mass is 32.1. The number of nitrogens with one attached hydrogen (secondary N) is 1. The highest BCUT2D eigenvalue weighted by Gasteiger charge is 2.02. The van der Waals surface area contributed by atoms with Gasteiger partial charge in [0.1, 0.15) is 5.52 Å². The van der Waals surface area contributed by atoms with Gasteiger partial charge in [0.25, 0.3) is 0 Å². The van der Waals surface area contributed by atoms with Gasteiger partial charge in [0.15, 0.2) is 0 Å². The number of aryl methyl sites for hydroxylation is 1. The topological polar surface area (TPSA) is 63.6 Å². The first-order chi connectivity index (χ1) is 8.81. The lowest BCUT2D eigenvalue weighted by atomic mass is 10.3. The van der Waals surface area contributed by atoms with Crippen molar-refractivity contribution in [1.82, 2.24) is 20.2 Å². The molecular formula is C12H11N5S. The number of benzene rings is 1. The summed E-state index contributed by atoms with van der Waals surface area (Å²) in [6.07, 6.45) is 0. The van der Waals surface area contributed by atoms with Crippen LogP contribution in [0.15, 0.2) is 29.6 Å². The van der Waals surface area contributed by atoms with Gasteiger partial charge >= 0.3 is 0 Å². The maximum absolute atomic E-state index is 4.39. The first kappa shape index (κ1) is 11.0. The van der Waals surface area contributed by atoms with E-state index in [-0.39, 0.29) is 0 Å². The maximum Gasteiger partial charge on any atom is 0.243 e. The highest BCUT2D eigenvalue weighted by molar-refractivity contribution is 7.09. The Balaban J connectivity index is 1.78. The molecule has 1 N–H and O–H groups in total. The minimum Gasteiger partial charge on any atom is -0.347 e. The molecule has 90 valence electrons. The van der Waals surface area contributed by atoms with Crippen LogP contribution in [-0.2, 0) is 6.54 Å². The molecule has 0 aliphatic rings. The van der Waals surface area contributed by atoms with Gasteiger partial charge in [0.05, 0.1) is 22.8 Å². The summed E-state index contributed by atoms with van der Waals surface area (Å²) in [4.78, 5) is 8.76.